The summed E-state index contributed by atoms with van der Waals surface area (Å²) in [5.41, 5.74) is 0.663. The largest absolute Gasteiger partial charge is 0.494 e. The van der Waals surface area contributed by atoms with Crippen molar-refractivity contribution in [3.8, 4) is 5.75 Å². The van der Waals surface area contributed by atoms with E-state index >= 15 is 0 Å². The normalized spacial score (nSPS) is 14.2. The molecular weight excluding hydrogens is 422 g/mol. The quantitative estimate of drug-likeness (QED) is 0.657. The van der Waals surface area contributed by atoms with Crippen LogP contribution in [0.5, 0.6) is 5.75 Å². The average molecular weight is 448 g/mol. The molecule has 1 saturated heterocycles. The SMILES string of the molecule is CCOc1ccc(SCC(=O)N2CCCN(C(=O)Nc3cccc(Cl)c3)CC2)cc1. The minimum atomic E-state index is -0.171. The molecule has 1 N–H and O–H groups in total. The third-order valence-electron chi connectivity index (χ3n) is 4.71. The maximum absolute atomic E-state index is 12.6. The summed E-state index contributed by atoms with van der Waals surface area (Å²) in [5.74, 6) is 1.30. The van der Waals surface area contributed by atoms with Gasteiger partial charge in [-0.2, -0.15) is 0 Å². The topological polar surface area (TPSA) is 61.9 Å². The highest BCUT2D eigenvalue weighted by Crippen LogP contribution is 2.22. The number of rotatable bonds is 6. The summed E-state index contributed by atoms with van der Waals surface area (Å²) in [7, 11) is 0. The van der Waals surface area contributed by atoms with Gasteiger partial charge in [-0.3, -0.25) is 4.79 Å². The zero-order valence-corrected chi connectivity index (χ0v) is 18.5. The van der Waals surface area contributed by atoms with Gasteiger partial charge in [0.05, 0.1) is 12.4 Å². The molecule has 1 aliphatic heterocycles. The summed E-state index contributed by atoms with van der Waals surface area (Å²) >= 11 is 7.49. The molecule has 0 spiro atoms. The van der Waals surface area contributed by atoms with Crippen molar-refractivity contribution in [1.29, 1.82) is 0 Å². The van der Waals surface area contributed by atoms with E-state index in [0.29, 0.717) is 49.2 Å². The molecule has 6 nitrogen and oxygen atoms in total. The number of anilines is 1. The number of hydrogen-bond acceptors (Lipinski definition) is 4. The Morgan fingerprint density at radius 1 is 1.07 bits per heavy atom. The molecule has 0 unspecified atom stereocenters. The maximum atomic E-state index is 12.6. The Labute approximate surface area is 186 Å². The van der Waals surface area contributed by atoms with Crippen molar-refractivity contribution < 1.29 is 14.3 Å². The van der Waals surface area contributed by atoms with E-state index in [0.717, 1.165) is 17.1 Å². The number of nitrogens with one attached hydrogen (secondary N) is 1. The van der Waals surface area contributed by atoms with Crippen LogP contribution in [0.4, 0.5) is 10.5 Å². The van der Waals surface area contributed by atoms with Crippen LogP contribution in [0, 0.1) is 0 Å². The van der Waals surface area contributed by atoms with Crippen molar-refractivity contribution in [2.75, 3.05) is 43.9 Å². The lowest BCUT2D eigenvalue weighted by Crippen LogP contribution is -2.39. The van der Waals surface area contributed by atoms with Gasteiger partial charge in [0.1, 0.15) is 5.75 Å². The molecule has 3 amide bonds. The molecule has 1 fully saturated rings. The first-order chi connectivity index (χ1) is 14.5. The number of benzene rings is 2. The fourth-order valence-electron chi connectivity index (χ4n) is 3.17. The second-order valence-electron chi connectivity index (χ2n) is 6.85. The lowest BCUT2D eigenvalue weighted by atomic mass is 10.3. The van der Waals surface area contributed by atoms with E-state index in [4.69, 9.17) is 16.3 Å². The van der Waals surface area contributed by atoms with E-state index in [1.165, 1.54) is 11.8 Å². The van der Waals surface area contributed by atoms with Crippen LogP contribution in [0.1, 0.15) is 13.3 Å². The number of nitrogens with zero attached hydrogens (tertiary/aromatic N) is 2. The standard InChI is InChI=1S/C22H26ClN3O3S/c1-2-29-19-7-9-20(10-8-19)30-16-21(27)25-11-4-12-26(14-13-25)22(28)24-18-6-3-5-17(23)15-18/h3,5-10,15H,2,4,11-14,16H2,1H3,(H,24,28). The van der Waals surface area contributed by atoms with Crippen LogP contribution < -0.4 is 10.1 Å². The van der Waals surface area contributed by atoms with Gasteiger partial charge < -0.3 is 19.9 Å². The predicted octanol–water partition coefficient (Wildman–Crippen LogP) is 4.60. The second-order valence-corrected chi connectivity index (χ2v) is 8.34. The summed E-state index contributed by atoms with van der Waals surface area (Å²) in [5, 5.41) is 3.44. The molecule has 2 aromatic carbocycles. The summed E-state index contributed by atoms with van der Waals surface area (Å²) in [4.78, 5) is 29.8. The van der Waals surface area contributed by atoms with E-state index in [2.05, 4.69) is 5.32 Å². The van der Waals surface area contributed by atoms with E-state index in [1.807, 2.05) is 36.1 Å². The zero-order chi connectivity index (χ0) is 21.3. The molecular formula is C22H26ClN3O3S. The van der Waals surface area contributed by atoms with Crippen molar-refractivity contribution in [2.24, 2.45) is 0 Å². The number of urea groups is 1. The molecule has 0 aromatic heterocycles. The highest BCUT2D eigenvalue weighted by molar-refractivity contribution is 8.00. The molecule has 0 aliphatic carbocycles. The Kier molecular flexibility index (Phi) is 8.28. The van der Waals surface area contributed by atoms with Gasteiger partial charge in [0.25, 0.3) is 0 Å². The van der Waals surface area contributed by atoms with Gasteiger partial charge in [0.15, 0.2) is 0 Å². The number of ether oxygens (including phenoxy) is 1. The van der Waals surface area contributed by atoms with Gasteiger partial charge in [-0.05, 0) is 55.8 Å². The van der Waals surface area contributed by atoms with Crippen LogP contribution in [0.15, 0.2) is 53.4 Å². The van der Waals surface area contributed by atoms with Gasteiger partial charge in [-0.25, -0.2) is 4.79 Å². The lowest BCUT2D eigenvalue weighted by molar-refractivity contribution is -0.128. The van der Waals surface area contributed by atoms with Crippen LogP contribution in [0.25, 0.3) is 0 Å². The van der Waals surface area contributed by atoms with Gasteiger partial charge in [-0.1, -0.05) is 17.7 Å². The van der Waals surface area contributed by atoms with Gasteiger partial charge in [0, 0.05) is 41.8 Å². The van der Waals surface area contributed by atoms with E-state index < -0.39 is 0 Å². The summed E-state index contributed by atoms with van der Waals surface area (Å²) in [6.07, 6.45) is 0.752. The van der Waals surface area contributed by atoms with Crippen LogP contribution >= 0.6 is 23.4 Å². The molecule has 0 bridgehead atoms. The number of amides is 3. The van der Waals surface area contributed by atoms with Crippen LogP contribution in [0.3, 0.4) is 0 Å². The zero-order valence-electron chi connectivity index (χ0n) is 17.0. The first-order valence-corrected chi connectivity index (χ1v) is 11.4. The Morgan fingerprint density at radius 2 is 1.80 bits per heavy atom. The molecule has 1 heterocycles. The molecule has 0 saturated carbocycles. The molecule has 0 atom stereocenters. The van der Waals surface area contributed by atoms with Crippen molar-refractivity contribution >= 4 is 41.0 Å². The van der Waals surface area contributed by atoms with Crippen molar-refractivity contribution in [1.82, 2.24) is 9.80 Å². The maximum Gasteiger partial charge on any atom is 0.321 e. The second kappa shape index (κ2) is 11.1. The minimum Gasteiger partial charge on any atom is -0.494 e. The summed E-state index contributed by atoms with van der Waals surface area (Å²) < 4.78 is 5.44. The molecule has 0 radical (unpaired) electrons. The number of halogens is 1. The molecule has 160 valence electrons. The first-order valence-electron chi connectivity index (χ1n) is 10.00. The highest BCUT2D eigenvalue weighted by atomic mass is 35.5. The van der Waals surface area contributed by atoms with Crippen molar-refractivity contribution in [3.63, 3.8) is 0 Å². The van der Waals surface area contributed by atoms with Crippen molar-refractivity contribution in [3.05, 3.63) is 53.6 Å². The minimum absolute atomic E-state index is 0.0889. The molecule has 30 heavy (non-hydrogen) atoms. The monoisotopic (exact) mass is 447 g/mol. The van der Waals surface area contributed by atoms with Gasteiger partial charge in [0.2, 0.25) is 5.91 Å². The smallest absolute Gasteiger partial charge is 0.321 e. The lowest BCUT2D eigenvalue weighted by Gasteiger charge is -2.22. The third-order valence-corrected chi connectivity index (χ3v) is 5.94. The molecule has 1 aliphatic rings. The molecule has 8 heteroatoms. The fraction of sp³-hybridized carbons (Fsp3) is 0.364. The Balaban J connectivity index is 1.46. The van der Waals surface area contributed by atoms with Crippen LogP contribution in [0.2, 0.25) is 5.02 Å². The fourth-order valence-corrected chi connectivity index (χ4v) is 4.17. The number of hydrogen-bond donors (Lipinski definition) is 1. The number of carbonyl (C=O) groups excluding carboxylic acids is 2. The molecule has 2 aromatic rings. The Morgan fingerprint density at radius 3 is 2.53 bits per heavy atom. The van der Waals surface area contributed by atoms with Crippen molar-refractivity contribution in [2.45, 2.75) is 18.2 Å². The predicted molar refractivity (Wildman–Crippen MR) is 122 cm³/mol. The van der Waals surface area contributed by atoms with Crippen LogP contribution in [-0.4, -0.2) is 60.3 Å². The van der Waals surface area contributed by atoms with Crippen LogP contribution in [-0.2, 0) is 4.79 Å². The van der Waals surface area contributed by atoms with E-state index in [-0.39, 0.29) is 11.9 Å². The Bertz CT molecular complexity index is 863. The van der Waals surface area contributed by atoms with Gasteiger partial charge in [-0.15, -0.1) is 11.8 Å². The average Bonchev–Trinajstić information content (AvgIpc) is 3.00. The van der Waals surface area contributed by atoms with Gasteiger partial charge >= 0.3 is 6.03 Å². The first kappa shape index (κ1) is 22.3. The number of thioether (sulfide) groups is 1. The molecule has 3 rings (SSSR count). The summed E-state index contributed by atoms with van der Waals surface area (Å²) in [6, 6.07) is 14.7. The van der Waals surface area contributed by atoms with E-state index in [9.17, 15) is 9.59 Å². The highest BCUT2D eigenvalue weighted by Gasteiger charge is 2.22. The van der Waals surface area contributed by atoms with E-state index in [1.54, 1.807) is 29.2 Å². The number of carbonyl (C=O) groups is 2. The summed E-state index contributed by atoms with van der Waals surface area (Å²) in [6.45, 7) is 4.89. The Hall–Kier alpha value is -2.38. The third kappa shape index (κ3) is 6.57.